The van der Waals surface area contributed by atoms with E-state index < -0.39 is 5.97 Å². The third kappa shape index (κ3) is 3.30. The Bertz CT molecular complexity index is 709. The zero-order chi connectivity index (χ0) is 15.4. The Morgan fingerprint density at radius 2 is 1.95 bits per heavy atom. The standard InChI is InChI=1S/C15H13NO5/c1-21-14-5-2-10(7-12(14)15(19)20)16-8-9-6-11(17)3-4-13(9)18/h2-8,17-18H,1H3,(H,19,20). The highest BCUT2D eigenvalue weighted by Crippen LogP contribution is 2.25. The normalized spacial score (nSPS) is 10.7. The second-order valence-corrected chi connectivity index (χ2v) is 4.19. The first-order chi connectivity index (χ1) is 10.0. The molecule has 0 heterocycles. The molecule has 0 saturated carbocycles. The molecule has 0 aromatic heterocycles. The van der Waals surface area contributed by atoms with E-state index in [1.54, 1.807) is 6.07 Å². The van der Waals surface area contributed by atoms with Crippen molar-refractivity contribution in [1.29, 1.82) is 0 Å². The molecule has 0 aliphatic carbocycles. The van der Waals surface area contributed by atoms with Gasteiger partial charge in [0, 0.05) is 11.8 Å². The van der Waals surface area contributed by atoms with Crippen LogP contribution in [0.15, 0.2) is 41.4 Å². The molecule has 2 rings (SSSR count). The van der Waals surface area contributed by atoms with Crippen molar-refractivity contribution in [2.45, 2.75) is 0 Å². The molecule has 0 radical (unpaired) electrons. The van der Waals surface area contributed by atoms with E-state index in [-0.39, 0.29) is 22.8 Å². The van der Waals surface area contributed by atoms with Crippen molar-refractivity contribution < 1.29 is 24.9 Å². The molecule has 0 atom stereocenters. The quantitative estimate of drug-likeness (QED) is 0.593. The molecule has 0 spiro atoms. The minimum atomic E-state index is -1.12. The lowest BCUT2D eigenvalue weighted by Gasteiger charge is -2.05. The third-order valence-electron chi connectivity index (χ3n) is 2.78. The first-order valence-corrected chi connectivity index (χ1v) is 5.98. The molecule has 0 saturated heterocycles. The average Bonchev–Trinajstić information content (AvgIpc) is 2.47. The monoisotopic (exact) mass is 287 g/mol. The number of phenolic OH excluding ortho intramolecular Hbond substituents is 2. The van der Waals surface area contributed by atoms with Gasteiger partial charge >= 0.3 is 5.97 Å². The molecular formula is C15H13NO5. The van der Waals surface area contributed by atoms with Crippen molar-refractivity contribution in [3.8, 4) is 17.2 Å². The van der Waals surface area contributed by atoms with Gasteiger partial charge in [-0.25, -0.2) is 4.79 Å². The molecule has 0 unspecified atom stereocenters. The summed E-state index contributed by atoms with van der Waals surface area (Å²) in [7, 11) is 1.38. The number of aromatic hydroxyl groups is 2. The number of carboxylic acid groups (broad SMARTS) is 1. The molecule has 108 valence electrons. The zero-order valence-electron chi connectivity index (χ0n) is 11.1. The minimum absolute atomic E-state index is 0.00444. The Morgan fingerprint density at radius 1 is 1.19 bits per heavy atom. The van der Waals surface area contributed by atoms with Crippen LogP contribution in [0.25, 0.3) is 0 Å². The maximum atomic E-state index is 11.1. The lowest BCUT2D eigenvalue weighted by Crippen LogP contribution is -1.99. The van der Waals surface area contributed by atoms with Gasteiger partial charge in [-0.3, -0.25) is 4.99 Å². The Hall–Kier alpha value is -3.02. The number of nitrogens with zero attached hydrogens (tertiary/aromatic N) is 1. The number of hydrogen-bond acceptors (Lipinski definition) is 5. The van der Waals surface area contributed by atoms with Gasteiger partial charge in [0.25, 0.3) is 0 Å². The van der Waals surface area contributed by atoms with Crippen LogP contribution < -0.4 is 4.74 Å². The van der Waals surface area contributed by atoms with Gasteiger partial charge in [-0.1, -0.05) is 0 Å². The molecule has 0 amide bonds. The predicted octanol–water partition coefficient (Wildman–Crippen LogP) is 2.56. The number of aliphatic imine (C=N–C) groups is 1. The lowest BCUT2D eigenvalue weighted by atomic mass is 10.1. The van der Waals surface area contributed by atoms with Gasteiger partial charge in [-0.05, 0) is 36.4 Å². The Labute approximate surface area is 120 Å². The van der Waals surface area contributed by atoms with Gasteiger partial charge in [0.2, 0.25) is 0 Å². The highest BCUT2D eigenvalue weighted by molar-refractivity contribution is 5.92. The third-order valence-corrected chi connectivity index (χ3v) is 2.78. The fourth-order valence-electron chi connectivity index (χ4n) is 1.73. The van der Waals surface area contributed by atoms with Crippen molar-refractivity contribution in [1.82, 2.24) is 0 Å². The van der Waals surface area contributed by atoms with Crippen molar-refractivity contribution in [3.05, 3.63) is 47.5 Å². The molecule has 0 aliphatic heterocycles. The molecule has 6 nitrogen and oxygen atoms in total. The van der Waals surface area contributed by atoms with E-state index in [0.29, 0.717) is 11.3 Å². The van der Waals surface area contributed by atoms with Crippen molar-refractivity contribution >= 4 is 17.9 Å². The fourth-order valence-corrected chi connectivity index (χ4v) is 1.73. The molecule has 21 heavy (non-hydrogen) atoms. The van der Waals surface area contributed by atoms with Gasteiger partial charge in [0.1, 0.15) is 22.8 Å². The molecule has 2 aromatic rings. The number of hydrogen-bond donors (Lipinski definition) is 3. The zero-order valence-corrected chi connectivity index (χ0v) is 11.1. The molecular weight excluding hydrogens is 274 g/mol. The van der Waals surface area contributed by atoms with E-state index in [2.05, 4.69) is 4.99 Å². The maximum Gasteiger partial charge on any atom is 0.339 e. The summed E-state index contributed by atoms with van der Waals surface area (Å²) in [6, 6.07) is 8.48. The number of phenols is 2. The minimum Gasteiger partial charge on any atom is -0.508 e. The van der Waals surface area contributed by atoms with Crippen LogP contribution in [-0.2, 0) is 0 Å². The predicted molar refractivity (Wildman–Crippen MR) is 77.0 cm³/mol. The number of ether oxygens (including phenoxy) is 1. The van der Waals surface area contributed by atoms with Gasteiger partial charge in [0.15, 0.2) is 0 Å². The average molecular weight is 287 g/mol. The molecule has 0 bridgehead atoms. The van der Waals surface area contributed by atoms with Crippen LogP contribution in [0.2, 0.25) is 0 Å². The molecule has 0 aliphatic rings. The van der Waals surface area contributed by atoms with Crippen molar-refractivity contribution in [2.75, 3.05) is 7.11 Å². The first-order valence-electron chi connectivity index (χ1n) is 5.98. The maximum absolute atomic E-state index is 11.1. The van der Waals surface area contributed by atoms with Crippen LogP contribution in [0, 0.1) is 0 Å². The summed E-state index contributed by atoms with van der Waals surface area (Å²) < 4.78 is 4.95. The van der Waals surface area contributed by atoms with Gasteiger partial charge in [-0.2, -0.15) is 0 Å². The highest BCUT2D eigenvalue weighted by atomic mass is 16.5. The summed E-state index contributed by atoms with van der Waals surface area (Å²) in [6.07, 6.45) is 1.34. The fraction of sp³-hybridized carbons (Fsp3) is 0.0667. The highest BCUT2D eigenvalue weighted by Gasteiger charge is 2.11. The SMILES string of the molecule is COc1ccc(N=Cc2cc(O)ccc2O)cc1C(=O)O. The number of carboxylic acids is 1. The summed E-state index contributed by atoms with van der Waals surface area (Å²) in [6.45, 7) is 0. The van der Waals surface area contributed by atoms with Crippen LogP contribution in [-0.4, -0.2) is 34.6 Å². The van der Waals surface area contributed by atoms with Gasteiger partial charge in [0.05, 0.1) is 12.8 Å². The van der Waals surface area contributed by atoms with E-state index in [4.69, 9.17) is 9.84 Å². The summed E-state index contributed by atoms with van der Waals surface area (Å²) in [5.41, 5.74) is 0.700. The Balaban J connectivity index is 2.35. The molecule has 0 fully saturated rings. The second kappa shape index (κ2) is 5.96. The topological polar surface area (TPSA) is 99.4 Å². The summed E-state index contributed by atoms with van der Waals surface area (Å²) in [5, 5.41) is 28.1. The molecule has 2 aromatic carbocycles. The van der Waals surface area contributed by atoms with Gasteiger partial charge in [-0.15, -0.1) is 0 Å². The number of carbonyl (C=O) groups is 1. The first kappa shape index (κ1) is 14.4. The Kier molecular flexibility index (Phi) is 4.08. The summed E-state index contributed by atoms with van der Waals surface area (Å²) in [4.78, 5) is 15.2. The molecule has 3 N–H and O–H groups in total. The van der Waals surface area contributed by atoms with E-state index in [0.717, 1.165) is 0 Å². The van der Waals surface area contributed by atoms with E-state index in [9.17, 15) is 15.0 Å². The number of aromatic carboxylic acids is 1. The number of methoxy groups -OCH3 is 1. The number of benzene rings is 2. The number of rotatable bonds is 4. The van der Waals surface area contributed by atoms with Crippen LogP contribution in [0.3, 0.4) is 0 Å². The van der Waals surface area contributed by atoms with Crippen LogP contribution in [0.1, 0.15) is 15.9 Å². The summed E-state index contributed by atoms with van der Waals surface area (Å²) in [5.74, 6) is -0.926. The summed E-state index contributed by atoms with van der Waals surface area (Å²) >= 11 is 0. The lowest BCUT2D eigenvalue weighted by molar-refractivity contribution is 0.0693. The van der Waals surface area contributed by atoms with E-state index in [1.807, 2.05) is 0 Å². The molecule has 6 heteroatoms. The van der Waals surface area contributed by atoms with E-state index >= 15 is 0 Å². The van der Waals surface area contributed by atoms with Crippen LogP contribution in [0.5, 0.6) is 17.2 Å². The van der Waals surface area contributed by atoms with E-state index in [1.165, 1.54) is 43.7 Å². The Morgan fingerprint density at radius 3 is 2.62 bits per heavy atom. The smallest absolute Gasteiger partial charge is 0.339 e. The second-order valence-electron chi connectivity index (χ2n) is 4.19. The van der Waals surface area contributed by atoms with Gasteiger partial charge < -0.3 is 20.1 Å². The van der Waals surface area contributed by atoms with Crippen molar-refractivity contribution in [2.24, 2.45) is 4.99 Å². The largest absolute Gasteiger partial charge is 0.508 e. The van der Waals surface area contributed by atoms with Crippen LogP contribution >= 0.6 is 0 Å². The van der Waals surface area contributed by atoms with Crippen molar-refractivity contribution in [3.63, 3.8) is 0 Å². The van der Waals surface area contributed by atoms with Crippen LogP contribution in [0.4, 0.5) is 5.69 Å².